The van der Waals surface area contributed by atoms with Gasteiger partial charge in [0.25, 0.3) is 0 Å². The Kier molecular flexibility index (Phi) is 11.4. The van der Waals surface area contributed by atoms with Gasteiger partial charge in [0.05, 0.1) is 0 Å². The first-order chi connectivity index (χ1) is 14.2. The molecule has 0 unspecified atom stereocenters. The van der Waals surface area contributed by atoms with Crippen LogP contribution in [-0.2, 0) is 13.0 Å². The summed E-state index contributed by atoms with van der Waals surface area (Å²) in [5, 5.41) is 4.32. The minimum absolute atomic E-state index is 0.593. The van der Waals surface area contributed by atoms with Gasteiger partial charge in [0.1, 0.15) is 0 Å². The van der Waals surface area contributed by atoms with E-state index in [9.17, 15) is 0 Å². The molecule has 0 aliphatic heterocycles. The lowest BCUT2D eigenvalue weighted by Gasteiger charge is -2.23. The molecule has 0 saturated heterocycles. The van der Waals surface area contributed by atoms with E-state index in [2.05, 4.69) is 68.9 Å². The van der Waals surface area contributed by atoms with Crippen LogP contribution >= 0.6 is 11.6 Å². The minimum atomic E-state index is 0.593. The second kappa shape index (κ2) is 13.2. The van der Waals surface area contributed by atoms with E-state index in [0.717, 1.165) is 72.7 Å². The highest BCUT2D eigenvalue weighted by atomic mass is 35.5. The maximum absolute atomic E-state index is 6.59. The van der Waals surface area contributed by atoms with Crippen LogP contribution in [0.5, 0.6) is 0 Å². The van der Waals surface area contributed by atoms with Crippen LogP contribution in [-0.4, -0.2) is 11.4 Å². The Hall–Kier alpha value is -2.13. The van der Waals surface area contributed by atoms with Crippen molar-refractivity contribution in [2.24, 2.45) is 11.7 Å². The first-order valence-electron chi connectivity index (χ1n) is 10.9. The molecule has 0 amide bonds. The molecule has 0 spiro atoms. The molecule has 1 aromatic carbocycles. The highest BCUT2D eigenvalue weighted by Crippen LogP contribution is 2.24. The zero-order valence-corrected chi connectivity index (χ0v) is 20.1. The number of benzene rings is 1. The molecule has 0 atom stereocenters. The second-order valence-corrected chi connectivity index (χ2v) is 8.75. The van der Waals surface area contributed by atoms with Gasteiger partial charge in [0, 0.05) is 35.2 Å². The van der Waals surface area contributed by atoms with E-state index in [0.29, 0.717) is 11.6 Å². The Balaban J connectivity index is 2.39. The van der Waals surface area contributed by atoms with Gasteiger partial charge in [0.15, 0.2) is 0 Å². The fourth-order valence-corrected chi connectivity index (χ4v) is 3.59. The molecule has 0 aliphatic rings. The lowest BCUT2D eigenvalue weighted by molar-refractivity contribution is 0.437. The third-order valence-electron chi connectivity index (χ3n) is 5.37. The van der Waals surface area contributed by atoms with Crippen molar-refractivity contribution in [2.45, 2.75) is 66.3 Å². The topological polar surface area (TPSA) is 41.3 Å². The van der Waals surface area contributed by atoms with Crippen molar-refractivity contribution in [3.8, 4) is 0 Å². The fraction of sp³-hybridized carbons (Fsp3) is 0.462. The van der Waals surface area contributed by atoms with Crippen molar-refractivity contribution in [3.63, 3.8) is 0 Å². The normalized spacial score (nSPS) is 11.8. The number of rotatable bonds is 14. The van der Waals surface area contributed by atoms with Crippen molar-refractivity contribution >= 4 is 11.6 Å². The summed E-state index contributed by atoms with van der Waals surface area (Å²) < 4.78 is 0. The third kappa shape index (κ3) is 8.71. The number of nitrogens with one attached hydrogen (secondary N) is 1. The van der Waals surface area contributed by atoms with Gasteiger partial charge in [-0.25, -0.2) is 0 Å². The maximum atomic E-state index is 6.59. The van der Waals surface area contributed by atoms with Crippen LogP contribution in [0.2, 0.25) is 5.02 Å². The van der Waals surface area contributed by atoms with Gasteiger partial charge in [-0.2, -0.15) is 0 Å². The summed E-state index contributed by atoms with van der Waals surface area (Å²) in [6.45, 7) is 22.0. The molecule has 3 N–H and O–H groups in total. The average Bonchev–Trinajstić information content (AvgIpc) is 2.69. The molecule has 0 fully saturated rings. The third-order valence-corrected chi connectivity index (χ3v) is 5.85. The summed E-state index contributed by atoms with van der Waals surface area (Å²) in [5.74, 6) is 0.593. The average molecular weight is 430 g/mol. The van der Waals surface area contributed by atoms with Crippen molar-refractivity contribution in [3.05, 3.63) is 82.9 Å². The second-order valence-electron chi connectivity index (χ2n) is 8.37. The molecule has 0 aliphatic carbocycles. The number of allylic oxidation sites excluding steroid dienone is 3. The first-order valence-corrected chi connectivity index (χ1v) is 11.2. The zero-order valence-electron chi connectivity index (χ0n) is 19.4. The molecule has 166 valence electrons. The van der Waals surface area contributed by atoms with Crippen LogP contribution in [0.4, 0.5) is 0 Å². The lowest BCUT2D eigenvalue weighted by Crippen LogP contribution is -2.18. The molecule has 0 radical (unpaired) electrons. The van der Waals surface area contributed by atoms with Crippen molar-refractivity contribution in [1.29, 1.82) is 0 Å². The molecule has 0 saturated carbocycles. The van der Waals surface area contributed by atoms with E-state index >= 15 is 0 Å². The highest BCUT2D eigenvalue weighted by Gasteiger charge is 2.08. The predicted octanol–water partition coefficient (Wildman–Crippen LogP) is 6.91. The van der Waals surface area contributed by atoms with E-state index in [1.165, 1.54) is 5.56 Å². The largest absolute Gasteiger partial charge is 0.399 e. The first kappa shape index (κ1) is 25.9. The summed E-state index contributed by atoms with van der Waals surface area (Å²) in [7, 11) is 0. The molecule has 0 bridgehead atoms. The Morgan fingerprint density at radius 2 is 1.83 bits per heavy atom. The number of hydrogen-bond donors (Lipinski definition) is 2. The van der Waals surface area contributed by atoms with E-state index < -0.39 is 0 Å². The zero-order chi connectivity index (χ0) is 22.7. The molecule has 3 nitrogen and oxygen atoms in total. The summed E-state index contributed by atoms with van der Waals surface area (Å²) >= 11 is 6.59. The van der Waals surface area contributed by atoms with Crippen LogP contribution in [0.25, 0.3) is 0 Å². The smallest absolute Gasteiger partial charge is 0.0487 e. The molecular weight excluding hydrogens is 390 g/mol. The van der Waals surface area contributed by atoms with E-state index in [1.807, 2.05) is 13.1 Å². The lowest BCUT2D eigenvalue weighted by atomic mass is 10.0. The van der Waals surface area contributed by atoms with Crippen LogP contribution in [0.1, 0.15) is 64.5 Å². The molecule has 1 rings (SSSR count). The maximum Gasteiger partial charge on any atom is 0.0487 e. The van der Waals surface area contributed by atoms with Crippen molar-refractivity contribution in [1.82, 2.24) is 10.2 Å². The van der Waals surface area contributed by atoms with Gasteiger partial charge < -0.3 is 16.0 Å². The van der Waals surface area contributed by atoms with Gasteiger partial charge >= 0.3 is 0 Å². The quantitative estimate of drug-likeness (QED) is 0.249. The summed E-state index contributed by atoms with van der Waals surface area (Å²) in [6, 6.07) is 6.30. The van der Waals surface area contributed by atoms with Gasteiger partial charge in [-0.05, 0) is 68.3 Å². The Morgan fingerprint density at radius 1 is 1.17 bits per heavy atom. The molecular formula is C26H40ClN3. The number of nitrogens with zero attached hydrogens (tertiary/aromatic N) is 1. The van der Waals surface area contributed by atoms with Gasteiger partial charge in [-0.1, -0.05) is 69.8 Å². The Morgan fingerprint density at radius 3 is 2.43 bits per heavy atom. The molecule has 0 aromatic heterocycles. The van der Waals surface area contributed by atoms with Crippen LogP contribution in [0.15, 0.2) is 66.8 Å². The van der Waals surface area contributed by atoms with Gasteiger partial charge in [-0.3, -0.25) is 0 Å². The summed E-state index contributed by atoms with van der Waals surface area (Å²) in [6.07, 6.45) is 7.14. The Labute approximate surface area is 189 Å². The highest BCUT2D eigenvalue weighted by molar-refractivity contribution is 6.32. The van der Waals surface area contributed by atoms with Crippen LogP contribution < -0.4 is 11.1 Å². The summed E-state index contributed by atoms with van der Waals surface area (Å²) in [5.41, 5.74) is 12.0. The minimum Gasteiger partial charge on any atom is -0.399 e. The fourth-order valence-electron chi connectivity index (χ4n) is 3.32. The van der Waals surface area contributed by atoms with E-state index in [4.69, 9.17) is 17.3 Å². The number of halogens is 1. The van der Waals surface area contributed by atoms with E-state index in [1.54, 1.807) is 0 Å². The van der Waals surface area contributed by atoms with E-state index in [-0.39, 0.29) is 0 Å². The van der Waals surface area contributed by atoms with Crippen molar-refractivity contribution in [2.75, 3.05) is 6.54 Å². The van der Waals surface area contributed by atoms with Gasteiger partial charge in [-0.15, -0.1) is 0 Å². The molecule has 0 heterocycles. The SMILES string of the molecule is C=CN(CCCCCC(=C)NCc1cccc(CC(C)C)c1Cl)/C(C)=C(\C)C(=C)N. The standard InChI is InChI=1S/C26H40ClN3/c1-8-30(23(7)21(5)22(6)28)16-11-9-10-13-20(4)29-18-25-15-12-14-24(26(25)27)17-19(2)3/h8,12,14-15,19,29H,1,4,6,9-11,13,16-18,28H2,2-3,5,7H3/b23-21+. The monoisotopic (exact) mass is 429 g/mol. The van der Waals surface area contributed by atoms with Crippen molar-refractivity contribution < 1.29 is 0 Å². The molecule has 1 aromatic rings. The number of hydrogen-bond acceptors (Lipinski definition) is 3. The summed E-state index contributed by atoms with van der Waals surface area (Å²) in [4.78, 5) is 2.15. The van der Waals surface area contributed by atoms with Gasteiger partial charge in [0.2, 0.25) is 0 Å². The molecule has 30 heavy (non-hydrogen) atoms. The van der Waals surface area contributed by atoms with Crippen LogP contribution in [0.3, 0.4) is 0 Å². The number of unbranched alkanes of at least 4 members (excludes halogenated alkanes) is 2. The predicted molar refractivity (Wildman–Crippen MR) is 133 cm³/mol. The Bertz CT molecular complexity index is 762. The van der Waals surface area contributed by atoms with Crippen LogP contribution in [0, 0.1) is 5.92 Å². The molecule has 4 heteroatoms. The number of nitrogens with two attached hydrogens (primary N) is 1.